The second kappa shape index (κ2) is 10.3. The topological polar surface area (TPSA) is 72.5 Å². The fourth-order valence-electron chi connectivity index (χ4n) is 2.52. The van der Waals surface area contributed by atoms with Crippen molar-refractivity contribution in [3.63, 3.8) is 0 Å². The van der Waals surface area contributed by atoms with E-state index in [2.05, 4.69) is 5.32 Å². The molecule has 1 amide bonds. The van der Waals surface area contributed by atoms with Gasteiger partial charge in [0.2, 0.25) is 5.91 Å². The van der Waals surface area contributed by atoms with Gasteiger partial charge in [0.25, 0.3) is 0 Å². The van der Waals surface area contributed by atoms with Crippen LogP contribution in [0, 0.1) is 11.7 Å². The average Bonchev–Trinajstić information content (AvgIpc) is 2.65. The molecule has 0 aliphatic rings. The van der Waals surface area contributed by atoms with Crippen LogP contribution in [-0.4, -0.2) is 24.3 Å². The van der Waals surface area contributed by atoms with Crippen LogP contribution in [0.1, 0.15) is 42.6 Å². The Kier molecular flexibility index (Phi) is 7.87. The van der Waals surface area contributed by atoms with E-state index in [0.717, 1.165) is 5.56 Å². The molecule has 0 unspecified atom stereocenters. The highest BCUT2D eigenvalue weighted by atomic mass is 19.1. The van der Waals surface area contributed by atoms with Crippen LogP contribution in [0.3, 0.4) is 0 Å². The lowest BCUT2D eigenvalue weighted by atomic mass is 10.1. The van der Waals surface area contributed by atoms with Crippen LogP contribution < -0.4 is 5.32 Å². The summed E-state index contributed by atoms with van der Waals surface area (Å²) in [5.41, 5.74) is 1.83. The third kappa shape index (κ3) is 7.31. The van der Waals surface area contributed by atoms with E-state index >= 15 is 0 Å². The Hall–Kier alpha value is -3.02. The lowest BCUT2D eigenvalue weighted by molar-refractivity contribution is -0.142. The van der Waals surface area contributed by atoms with Crippen molar-refractivity contribution < 1.29 is 23.5 Å². The number of hydrogen-bond donors (Lipinski definition) is 1. The molecule has 6 heteroatoms. The molecular formula is C22H24FNO4. The number of esters is 1. The molecule has 0 aromatic heterocycles. The summed E-state index contributed by atoms with van der Waals surface area (Å²) in [5, 5.41) is 2.77. The highest BCUT2D eigenvalue weighted by Gasteiger charge is 2.11. The summed E-state index contributed by atoms with van der Waals surface area (Å²) in [6.45, 7) is 3.58. The zero-order valence-electron chi connectivity index (χ0n) is 16.0. The first-order valence-corrected chi connectivity index (χ1v) is 9.16. The second-order valence-corrected chi connectivity index (χ2v) is 6.93. The smallest absolute Gasteiger partial charge is 0.306 e. The summed E-state index contributed by atoms with van der Waals surface area (Å²) in [5.74, 6) is -0.962. The average molecular weight is 385 g/mol. The van der Waals surface area contributed by atoms with Gasteiger partial charge in [-0.1, -0.05) is 26.0 Å². The van der Waals surface area contributed by atoms with E-state index in [1.54, 1.807) is 36.4 Å². The van der Waals surface area contributed by atoms with Gasteiger partial charge < -0.3 is 10.1 Å². The Morgan fingerprint density at radius 1 is 1.00 bits per heavy atom. The summed E-state index contributed by atoms with van der Waals surface area (Å²) in [6, 6.07) is 12.3. The largest absolute Gasteiger partial charge is 0.457 e. The number of carbonyl (C=O) groups is 3. The number of ether oxygens (including phenoxy) is 1. The molecule has 1 N–H and O–H groups in total. The van der Waals surface area contributed by atoms with Gasteiger partial charge in [0, 0.05) is 24.1 Å². The van der Waals surface area contributed by atoms with Gasteiger partial charge in [-0.3, -0.25) is 14.4 Å². The normalized spacial score (nSPS) is 10.6. The summed E-state index contributed by atoms with van der Waals surface area (Å²) in [7, 11) is 0. The molecule has 5 nitrogen and oxygen atoms in total. The lowest BCUT2D eigenvalue weighted by Gasteiger charge is -2.08. The van der Waals surface area contributed by atoms with Gasteiger partial charge in [0.05, 0.1) is 0 Å². The third-order valence-electron chi connectivity index (χ3n) is 3.98. The first kappa shape index (κ1) is 21.3. The molecule has 0 atom stereocenters. The van der Waals surface area contributed by atoms with Crippen molar-refractivity contribution in [1.82, 2.24) is 0 Å². The minimum atomic E-state index is -0.491. The highest BCUT2D eigenvalue weighted by molar-refractivity contribution is 5.98. The molecule has 0 radical (unpaired) electrons. The molecule has 0 aliphatic carbocycles. The van der Waals surface area contributed by atoms with E-state index in [0.29, 0.717) is 24.1 Å². The van der Waals surface area contributed by atoms with E-state index in [1.165, 1.54) is 12.1 Å². The number of hydrogen-bond acceptors (Lipinski definition) is 4. The molecule has 0 saturated carbocycles. The van der Waals surface area contributed by atoms with Gasteiger partial charge >= 0.3 is 5.97 Å². The zero-order valence-corrected chi connectivity index (χ0v) is 16.0. The van der Waals surface area contributed by atoms with Crippen molar-refractivity contribution in [2.45, 2.75) is 33.1 Å². The van der Waals surface area contributed by atoms with Crippen LogP contribution in [0.2, 0.25) is 0 Å². The number of halogens is 1. The van der Waals surface area contributed by atoms with Gasteiger partial charge in [-0.25, -0.2) is 4.39 Å². The number of benzene rings is 2. The second-order valence-electron chi connectivity index (χ2n) is 6.93. The van der Waals surface area contributed by atoms with Crippen LogP contribution in [0.25, 0.3) is 0 Å². The molecule has 2 rings (SSSR count). The molecule has 0 fully saturated rings. The van der Waals surface area contributed by atoms with Gasteiger partial charge in [-0.2, -0.15) is 0 Å². The first-order chi connectivity index (χ1) is 13.3. The molecule has 0 aliphatic heterocycles. The Labute approximate surface area is 163 Å². The van der Waals surface area contributed by atoms with E-state index < -0.39 is 5.97 Å². The third-order valence-corrected chi connectivity index (χ3v) is 3.98. The predicted molar refractivity (Wildman–Crippen MR) is 105 cm³/mol. The lowest BCUT2D eigenvalue weighted by Crippen LogP contribution is -2.15. The molecule has 2 aromatic carbocycles. The number of nitrogens with one attached hydrogen (secondary N) is 1. The number of anilines is 1. The summed E-state index contributed by atoms with van der Waals surface area (Å²) in [4.78, 5) is 35.7. The van der Waals surface area contributed by atoms with Crippen molar-refractivity contribution in [2.75, 3.05) is 11.9 Å². The Bertz CT molecular complexity index is 813. The van der Waals surface area contributed by atoms with Crippen LogP contribution >= 0.6 is 0 Å². The fraction of sp³-hybridized carbons (Fsp3) is 0.318. The summed E-state index contributed by atoms with van der Waals surface area (Å²) in [6.07, 6.45) is 0.951. The number of carbonyl (C=O) groups excluding carboxylic acids is 3. The van der Waals surface area contributed by atoms with E-state index in [-0.39, 0.29) is 36.5 Å². The van der Waals surface area contributed by atoms with Crippen LogP contribution in [0.5, 0.6) is 0 Å². The van der Waals surface area contributed by atoms with Gasteiger partial charge in [-0.15, -0.1) is 0 Å². The van der Waals surface area contributed by atoms with E-state index in [4.69, 9.17) is 4.74 Å². The maximum atomic E-state index is 12.8. The van der Waals surface area contributed by atoms with Crippen molar-refractivity contribution in [1.29, 1.82) is 0 Å². The summed E-state index contributed by atoms with van der Waals surface area (Å²) < 4.78 is 17.9. The first-order valence-electron chi connectivity index (χ1n) is 9.16. The monoisotopic (exact) mass is 385 g/mol. The van der Waals surface area contributed by atoms with E-state index in [9.17, 15) is 18.8 Å². The Morgan fingerprint density at radius 3 is 2.25 bits per heavy atom. The highest BCUT2D eigenvalue weighted by Crippen LogP contribution is 2.12. The summed E-state index contributed by atoms with van der Waals surface area (Å²) >= 11 is 0. The zero-order chi connectivity index (χ0) is 20.5. The Balaban J connectivity index is 1.76. The quantitative estimate of drug-likeness (QED) is 0.519. The predicted octanol–water partition coefficient (Wildman–Crippen LogP) is 4.17. The van der Waals surface area contributed by atoms with Crippen molar-refractivity contribution >= 4 is 23.3 Å². The molecule has 0 heterocycles. The molecule has 28 heavy (non-hydrogen) atoms. The molecule has 0 saturated heterocycles. The minimum absolute atomic E-state index is 0.0795. The number of amides is 1. The van der Waals surface area contributed by atoms with Gasteiger partial charge in [0.15, 0.2) is 12.4 Å². The van der Waals surface area contributed by atoms with Crippen molar-refractivity contribution in [3.05, 3.63) is 65.5 Å². The molecular weight excluding hydrogens is 361 g/mol. The van der Waals surface area contributed by atoms with Crippen LogP contribution in [0.4, 0.5) is 10.1 Å². The number of aryl methyl sites for hydroxylation is 1. The SMILES string of the molecule is CC(C)CC(=O)Nc1ccc(C(=O)COC(=O)CCc2ccc(F)cc2)cc1. The van der Waals surface area contributed by atoms with Crippen molar-refractivity contribution in [3.8, 4) is 0 Å². The van der Waals surface area contributed by atoms with Crippen LogP contribution in [-0.2, 0) is 20.7 Å². The standard InChI is InChI=1S/C22H24FNO4/c1-15(2)13-21(26)24-19-10-6-17(7-11-19)20(25)14-28-22(27)12-5-16-3-8-18(23)9-4-16/h3-4,6-11,15H,5,12-14H2,1-2H3,(H,24,26). The molecule has 148 valence electrons. The van der Waals surface area contributed by atoms with E-state index in [1.807, 2.05) is 13.8 Å². The number of Topliss-reactive ketones (excluding diaryl/α,β-unsaturated/α-hetero) is 1. The van der Waals surface area contributed by atoms with Gasteiger partial charge in [-0.05, 0) is 54.3 Å². The molecule has 0 bridgehead atoms. The maximum Gasteiger partial charge on any atom is 0.306 e. The minimum Gasteiger partial charge on any atom is -0.457 e. The number of ketones is 1. The number of rotatable bonds is 9. The Morgan fingerprint density at radius 2 is 1.64 bits per heavy atom. The van der Waals surface area contributed by atoms with Gasteiger partial charge in [0.1, 0.15) is 5.82 Å². The maximum absolute atomic E-state index is 12.8. The molecule has 0 spiro atoms. The molecule has 2 aromatic rings. The van der Waals surface area contributed by atoms with Crippen LogP contribution in [0.15, 0.2) is 48.5 Å². The van der Waals surface area contributed by atoms with Crippen molar-refractivity contribution in [2.24, 2.45) is 5.92 Å². The fourth-order valence-corrected chi connectivity index (χ4v) is 2.52.